The summed E-state index contributed by atoms with van der Waals surface area (Å²) in [5.74, 6) is -0.782. The molecule has 0 fully saturated rings. The van der Waals surface area contributed by atoms with Crippen LogP contribution in [0.5, 0.6) is 0 Å². The number of carbonyl (C=O) groups excluding carboxylic acids is 1. The molecule has 0 aliphatic carbocycles. The number of halogens is 1. The van der Waals surface area contributed by atoms with Crippen LogP contribution < -0.4 is 22.5 Å². The topological polar surface area (TPSA) is 145 Å². The fraction of sp³-hybridized carbons (Fsp3) is 0.500. The smallest absolute Gasteiger partial charge is 0.280 e. The van der Waals surface area contributed by atoms with Crippen molar-refractivity contribution < 1.29 is 4.79 Å². The zero-order valence-electron chi connectivity index (χ0n) is 11.9. The number of guanidine groups is 1. The molecule has 0 spiro atoms. The van der Waals surface area contributed by atoms with Crippen molar-refractivity contribution in [3.8, 4) is 0 Å². The van der Waals surface area contributed by atoms with Gasteiger partial charge in [-0.1, -0.05) is 37.8 Å². The van der Waals surface area contributed by atoms with Gasteiger partial charge in [-0.15, -0.1) is 0 Å². The second kappa shape index (κ2) is 8.25. The van der Waals surface area contributed by atoms with Gasteiger partial charge in [-0.3, -0.25) is 15.1 Å². The molecular weight excluding hydrogens is 294 g/mol. The van der Waals surface area contributed by atoms with Crippen LogP contribution in [0, 0.1) is 0 Å². The molecule has 0 aliphatic rings. The van der Waals surface area contributed by atoms with Crippen LogP contribution in [0.25, 0.3) is 0 Å². The monoisotopic (exact) mass is 313 g/mol. The molecule has 1 aromatic heterocycles. The average molecular weight is 314 g/mol. The molecule has 1 heterocycles. The summed E-state index contributed by atoms with van der Waals surface area (Å²) < 4.78 is 0. The summed E-state index contributed by atoms with van der Waals surface area (Å²) in [5, 5.41) is 2.29. The van der Waals surface area contributed by atoms with Crippen LogP contribution in [-0.2, 0) is 0 Å². The van der Waals surface area contributed by atoms with Crippen LogP contribution in [0.15, 0.2) is 4.99 Å². The highest BCUT2D eigenvalue weighted by Crippen LogP contribution is 2.17. The van der Waals surface area contributed by atoms with E-state index in [9.17, 15) is 4.79 Å². The Bertz CT molecular complexity index is 533. The first-order valence-corrected chi connectivity index (χ1v) is 7.03. The Morgan fingerprint density at radius 1 is 1.24 bits per heavy atom. The zero-order valence-corrected chi connectivity index (χ0v) is 12.7. The van der Waals surface area contributed by atoms with Crippen molar-refractivity contribution in [3.63, 3.8) is 0 Å². The van der Waals surface area contributed by atoms with E-state index in [4.69, 9.17) is 28.8 Å². The number of nitrogens with zero attached hydrogens (tertiary/aromatic N) is 3. The van der Waals surface area contributed by atoms with Gasteiger partial charge < -0.3 is 17.2 Å². The number of hydrogen-bond donors (Lipinski definition) is 4. The molecule has 0 unspecified atom stereocenters. The maximum Gasteiger partial charge on any atom is 0.280 e. The van der Waals surface area contributed by atoms with E-state index >= 15 is 0 Å². The van der Waals surface area contributed by atoms with Crippen LogP contribution in [0.3, 0.4) is 0 Å². The van der Waals surface area contributed by atoms with E-state index in [1.165, 1.54) is 0 Å². The Hall–Kier alpha value is -2.09. The first kappa shape index (κ1) is 17.0. The van der Waals surface area contributed by atoms with E-state index in [0.29, 0.717) is 6.54 Å². The lowest BCUT2D eigenvalue weighted by Crippen LogP contribution is -2.38. The molecule has 116 valence electrons. The number of carbonyl (C=O) groups is 1. The zero-order chi connectivity index (χ0) is 15.8. The predicted octanol–water partition coefficient (Wildman–Crippen LogP) is 0.919. The lowest BCUT2D eigenvalue weighted by Gasteiger charge is -2.07. The second-order valence-electron chi connectivity index (χ2n) is 4.42. The SMILES string of the molecule is CCCCCCN=C(N)NC(=O)c1nc(Cl)c(N)nc1N. The molecule has 0 atom stereocenters. The molecule has 0 radical (unpaired) electrons. The predicted molar refractivity (Wildman–Crippen MR) is 84.0 cm³/mol. The molecule has 1 rings (SSSR count). The Morgan fingerprint density at radius 2 is 1.95 bits per heavy atom. The van der Waals surface area contributed by atoms with Crippen LogP contribution in [0.2, 0.25) is 5.15 Å². The third kappa shape index (κ3) is 5.42. The van der Waals surface area contributed by atoms with Gasteiger partial charge in [0.2, 0.25) is 0 Å². The van der Waals surface area contributed by atoms with E-state index < -0.39 is 5.91 Å². The Balaban J connectivity index is 2.60. The highest BCUT2D eigenvalue weighted by molar-refractivity contribution is 6.31. The van der Waals surface area contributed by atoms with Gasteiger partial charge in [0.15, 0.2) is 28.4 Å². The van der Waals surface area contributed by atoms with Gasteiger partial charge in [-0.05, 0) is 6.42 Å². The fourth-order valence-corrected chi connectivity index (χ4v) is 1.69. The van der Waals surface area contributed by atoms with Gasteiger partial charge in [0.05, 0.1) is 0 Å². The molecule has 0 saturated carbocycles. The second-order valence-corrected chi connectivity index (χ2v) is 4.77. The van der Waals surface area contributed by atoms with Gasteiger partial charge in [-0.25, -0.2) is 9.97 Å². The average Bonchev–Trinajstić information content (AvgIpc) is 2.42. The van der Waals surface area contributed by atoms with Gasteiger partial charge in [-0.2, -0.15) is 0 Å². The summed E-state index contributed by atoms with van der Waals surface area (Å²) in [5.41, 5.74) is 16.5. The number of aliphatic imine (C=N–C) groups is 1. The fourth-order valence-electron chi connectivity index (χ4n) is 1.56. The molecule has 1 aromatic rings. The summed E-state index contributed by atoms with van der Waals surface area (Å²) >= 11 is 5.70. The molecule has 21 heavy (non-hydrogen) atoms. The molecule has 1 amide bonds. The lowest BCUT2D eigenvalue weighted by atomic mass is 10.2. The summed E-state index contributed by atoms with van der Waals surface area (Å²) in [7, 11) is 0. The number of nitrogens with one attached hydrogen (secondary N) is 1. The van der Waals surface area contributed by atoms with Crippen LogP contribution in [0.1, 0.15) is 43.1 Å². The van der Waals surface area contributed by atoms with E-state index in [2.05, 4.69) is 27.2 Å². The first-order valence-electron chi connectivity index (χ1n) is 6.65. The maximum atomic E-state index is 11.9. The number of amides is 1. The number of nitrogen functional groups attached to an aromatic ring is 2. The molecule has 0 aromatic carbocycles. The number of aromatic nitrogens is 2. The highest BCUT2D eigenvalue weighted by Gasteiger charge is 2.16. The summed E-state index contributed by atoms with van der Waals surface area (Å²) in [6, 6.07) is 0. The van der Waals surface area contributed by atoms with Crippen molar-refractivity contribution in [1.82, 2.24) is 15.3 Å². The molecule has 0 aliphatic heterocycles. The lowest BCUT2D eigenvalue weighted by molar-refractivity contribution is 0.0972. The van der Waals surface area contributed by atoms with Crippen LogP contribution >= 0.6 is 11.6 Å². The standard InChI is InChI=1S/C12H20ClN7O/c1-2-3-4-5-6-17-12(16)20-11(21)7-9(14)19-10(15)8(13)18-7/h2-6H2,1H3,(H4,14,15,19)(H3,16,17,20,21). The van der Waals surface area contributed by atoms with Crippen molar-refractivity contribution in [1.29, 1.82) is 0 Å². The molecular formula is C12H20ClN7O. The highest BCUT2D eigenvalue weighted by atomic mass is 35.5. The van der Waals surface area contributed by atoms with E-state index in [0.717, 1.165) is 25.7 Å². The normalized spacial score (nSPS) is 11.4. The van der Waals surface area contributed by atoms with Gasteiger partial charge in [0.1, 0.15) is 0 Å². The van der Waals surface area contributed by atoms with Crippen molar-refractivity contribution in [2.45, 2.75) is 32.6 Å². The van der Waals surface area contributed by atoms with Gasteiger partial charge in [0.25, 0.3) is 5.91 Å². The maximum absolute atomic E-state index is 11.9. The first-order chi connectivity index (χ1) is 9.95. The Kier molecular flexibility index (Phi) is 6.67. The molecule has 0 saturated heterocycles. The van der Waals surface area contributed by atoms with E-state index in [1.54, 1.807) is 0 Å². The summed E-state index contributed by atoms with van der Waals surface area (Å²) in [6.07, 6.45) is 4.29. The third-order valence-electron chi connectivity index (χ3n) is 2.66. The molecule has 8 nitrogen and oxygen atoms in total. The Morgan fingerprint density at radius 3 is 2.62 bits per heavy atom. The number of hydrogen-bond acceptors (Lipinski definition) is 6. The largest absolute Gasteiger partial charge is 0.382 e. The van der Waals surface area contributed by atoms with Gasteiger partial charge in [0, 0.05) is 6.54 Å². The number of unbranched alkanes of at least 4 members (excludes halogenated alkanes) is 3. The minimum atomic E-state index is -0.628. The number of rotatable bonds is 6. The summed E-state index contributed by atoms with van der Waals surface area (Å²) in [4.78, 5) is 23.5. The van der Waals surface area contributed by atoms with Crippen LogP contribution in [-0.4, -0.2) is 28.4 Å². The molecule has 9 heteroatoms. The number of anilines is 2. The molecule has 0 bridgehead atoms. The van der Waals surface area contributed by atoms with Crippen molar-refractivity contribution in [2.24, 2.45) is 10.7 Å². The minimum Gasteiger partial charge on any atom is -0.382 e. The van der Waals surface area contributed by atoms with E-state index in [-0.39, 0.29) is 28.4 Å². The Labute approximate surface area is 128 Å². The van der Waals surface area contributed by atoms with E-state index in [1.807, 2.05) is 0 Å². The third-order valence-corrected chi connectivity index (χ3v) is 2.93. The molecule has 7 N–H and O–H groups in total. The van der Waals surface area contributed by atoms with Crippen molar-refractivity contribution in [3.05, 3.63) is 10.8 Å². The van der Waals surface area contributed by atoms with Crippen LogP contribution in [0.4, 0.5) is 11.6 Å². The number of nitrogens with two attached hydrogens (primary N) is 3. The quantitative estimate of drug-likeness (QED) is 0.349. The minimum absolute atomic E-state index is 0.00523. The van der Waals surface area contributed by atoms with Gasteiger partial charge >= 0.3 is 0 Å². The van der Waals surface area contributed by atoms with Crippen molar-refractivity contribution >= 4 is 35.1 Å². The summed E-state index contributed by atoms with van der Waals surface area (Å²) in [6.45, 7) is 2.68. The van der Waals surface area contributed by atoms with Crippen molar-refractivity contribution in [2.75, 3.05) is 18.0 Å².